The highest BCUT2D eigenvalue weighted by molar-refractivity contribution is 4.92. The summed E-state index contributed by atoms with van der Waals surface area (Å²) >= 11 is 0. The van der Waals surface area contributed by atoms with Crippen molar-refractivity contribution >= 4 is 0 Å². The molecular weight excluding hydrogens is 198 g/mol. The third-order valence-corrected chi connectivity index (χ3v) is 4.18. The van der Waals surface area contributed by atoms with E-state index in [0.717, 1.165) is 19.3 Å². The van der Waals surface area contributed by atoms with Crippen LogP contribution in [0.5, 0.6) is 0 Å². The predicted molar refractivity (Wildman–Crippen MR) is 67.7 cm³/mol. The molecule has 0 spiro atoms. The number of hydrogen-bond donors (Lipinski definition) is 1. The van der Waals surface area contributed by atoms with Crippen molar-refractivity contribution in [1.29, 1.82) is 0 Å². The van der Waals surface area contributed by atoms with E-state index in [0.29, 0.717) is 5.41 Å². The molecule has 2 saturated carbocycles. The summed E-state index contributed by atoms with van der Waals surface area (Å²) in [6, 6.07) is 0.860. The first-order valence-electron chi connectivity index (χ1n) is 7.16. The van der Waals surface area contributed by atoms with Gasteiger partial charge in [-0.15, -0.1) is 0 Å². The van der Waals surface area contributed by atoms with Crippen molar-refractivity contribution in [3.63, 3.8) is 0 Å². The van der Waals surface area contributed by atoms with Crippen LogP contribution in [0.25, 0.3) is 0 Å². The molecule has 2 fully saturated rings. The normalized spacial score (nSPS) is 23.1. The van der Waals surface area contributed by atoms with Gasteiger partial charge in [-0.25, -0.2) is 0 Å². The first-order valence-corrected chi connectivity index (χ1v) is 7.16. The molecule has 0 bridgehead atoms. The monoisotopic (exact) mass is 225 g/mol. The summed E-state index contributed by atoms with van der Waals surface area (Å²) in [7, 11) is 0. The summed E-state index contributed by atoms with van der Waals surface area (Å²) in [5.41, 5.74) is 0.606. The predicted octanol–water partition coefficient (Wildman–Crippen LogP) is 3.12. The largest absolute Gasteiger partial charge is 0.381 e. The van der Waals surface area contributed by atoms with Crippen LogP contribution in [0, 0.1) is 5.41 Å². The third kappa shape index (κ3) is 3.74. The zero-order valence-corrected chi connectivity index (χ0v) is 10.8. The lowest BCUT2D eigenvalue weighted by Gasteiger charge is -2.42. The fourth-order valence-corrected chi connectivity index (χ4v) is 2.48. The molecule has 0 saturated heterocycles. The second-order valence-electron chi connectivity index (χ2n) is 5.72. The minimum atomic E-state index is 0.606. The number of nitrogens with one attached hydrogen (secondary N) is 1. The van der Waals surface area contributed by atoms with Crippen LogP contribution >= 0.6 is 0 Å². The van der Waals surface area contributed by atoms with E-state index in [1.54, 1.807) is 0 Å². The molecule has 16 heavy (non-hydrogen) atoms. The molecule has 0 amide bonds. The van der Waals surface area contributed by atoms with Crippen molar-refractivity contribution in [1.82, 2.24) is 5.32 Å². The Morgan fingerprint density at radius 3 is 2.62 bits per heavy atom. The SMILES string of the molecule is CCCCOCCC1(CNC2CC2)CCC1. The summed E-state index contributed by atoms with van der Waals surface area (Å²) in [4.78, 5) is 0. The summed E-state index contributed by atoms with van der Waals surface area (Å²) in [6.45, 7) is 5.40. The van der Waals surface area contributed by atoms with Crippen LogP contribution in [0.4, 0.5) is 0 Å². The van der Waals surface area contributed by atoms with E-state index in [2.05, 4.69) is 12.2 Å². The fraction of sp³-hybridized carbons (Fsp3) is 1.00. The van der Waals surface area contributed by atoms with Crippen LogP contribution in [0.15, 0.2) is 0 Å². The van der Waals surface area contributed by atoms with Gasteiger partial charge in [-0.3, -0.25) is 0 Å². The van der Waals surface area contributed by atoms with E-state index in [1.165, 1.54) is 57.9 Å². The second kappa shape index (κ2) is 6.02. The van der Waals surface area contributed by atoms with E-state index in [4.69, 9.17) is 4.74 Å². The number of unbranched alkanes of at least 4 members (excludes halogenated alkanes) is 1. The minimum absolute atomic E-state index is 0.606. The van der Waals surface area contributed by atoms with Gasteiger partial charge >= 0.3 is 0 Å². The molecule has 2 aliphatic rings. The van der Waals surface area contributed by atoms with Gasteiger partial charge in [-0.05, 0) is 43.9 Å². The van der Waals surface area contributed by atoms with E-state index >= 15 is 0 Å². The Balaban J connectivity index is 1.56. The highest BCUT2D eigenvalue weighted by Crippen LogP contribution is 2.43. The Labute approximate surface area is 100 Å². The van der Waals surface area contributed by atoms with Gasteiger partial charge in [-0.2, -0.15) is 0 Å². The topological polar surface area (TPSA) is 21.3 Å². The minimum Gasteiger partial charge on any atom is -0.381 e. The van der Waals surface area contributed by atoms with Crippen LogP contribution in [0.1, 0.15) is 58.3 Å². The van der Waals surface area contributed by atoms with Crippen molar-refractivity contribution in [3.05, 3.63) is 0 Å². The Hall–Kier alpha value is -0.0800. The van der Waals surface area contributed by atoms with Crippen LogP contribution in [-0.2, 0) is 4.74 Å². The molecule has 0 radical (unpaired) electrons. The molecule has 0 heterocycles. The van der Waals surface area contributed by atoms with Crippen molar-refractivity contribution in [2.75, 3.05) is 19.8 Å². The Kier molecular flexibility index (Phi) is 4.66. The van der Waals surface area contributed by atoms with E-state index in [-0.39, 0.29) is 0 Å². The van der Waals surface area contributed by atoms with Gasteiger partial charge in [0.1, 0.15) is 0 Å². The lowest BCUT2D eigenvalue weighted by atomic mass is 9.67. The first-order chi connectivity index (χ1) is 7.85. The molecule has 2 nitrogen and oxygen atoms in total. The van der Waals surface area contributed by atoms with Crippen LogP contribution < -0.4 is 5.32 Å². The maximum Gasteiger partial charge on any atom is 0.0471 e. The van der Waals surface area contributed by atoms with E-state index in [9.17, 15) is 0 Å². The van der Waals surface area contributed by atoms with E-state index < -0.39 is 0 Å². The van der Waals surface area contributed by atoms with Crippen LogP contribution in [0.2, 0.25) is 0 Å². The highest BCUT2D eigenvalue weighted by Gasteiger charge is 2.37. The van der Waals surface area contributed by atoms with Crippen molar-refractivity contribution < 1.29 is 4.74 Å². The zero-order valence-electron chi connectivity index (χ0n) is 10.8. The quantitative estimate of drug-likeness (QED) is 0.609. The molecule has 0 atom stereocenters. The Morgan fingerprint density at radius 1 is 1.25 bits per heavy atom. The zero-order chi connectivity index (χ0) is 11.3. The van der Waals surface area contributed by atoms with Gasteiger partial charge in [0.2, 0.25) is 0 Å². The molecule has 0 aromatic carbocycles. The second-order valence-corrected chi connectivity index (χ2v) is 5.72. The number of hydrogen-bond acceptors (Lipinski definition) is 2. The lowest BCUT2D eigenvalue weighted by molar-refractivity contribution is 0.0483. The summed E-state index contributed by atoms with van der Waals surface area (Å²) in [5, 5.41) is 3.70. The first kappa shape index (κ1) is 12.4. The average Bonchev–Trinajstić information content (AvgIpc) is 3.03. The Bertz CT molecular complexity index is 197. The highest BCUT2D eigenvalue weighted by atomic mass is 16.5. The third-order valence-electron chi connectivity index (χ3n) is 4.18. The standard InChI is InChI=1S/C14H27NO/c1-2-3-10-16-11-9-14(7-4-8-14)12-15-13-5-6-13/h13,15H,2-12H2,1H3. The molecule has 0 aromatic heterocycles. The summed E-state index contributed by atoms with van der Waals surface area (Å²) in [5.74, 6) is 0. The van der Waals surface area contributed by atoms with Crippen LogP contribution in [0.3, 0.4) is 0 Å². The van der Waals surface area contributed by atoms with Crippen molar-refractivity contribution in [2.24, 2.45) is 5.41 Å². The average molecular weight is 225 g/mol. The van der Waals surface area contributed by atoms with Crippen LogP contribution in [-0.4, -0.2) is 25.8 Å². The molecule has 1 N–H and O–H groups in total. The van der Waals surface area contributed by atoms with Gasteiger partial charge in [0.25, 0.3) is 0 Å². The van der Waals surface area contributed by atoms with E-state index in [1.807, 2.05) is 0 Å². The van der Waals surface area contributed by atoms with Crippen molar-refractivity contribution in [3.8, 4) is 0 Å². The Morgan fingerprint density at radius 2 is 2.06 bits per heavy atom. The molecule has 94 valence electrons. The lowest BCUT2D eigenvalue weighted by Crippen LogP contribution is -2.41. The van der Waals surface area contributed by atoms with Gasteiger partial charge in [0.05, 0.1) is 0 Å². The molecule has 0 aliphatic heterocycles. The molecule has 2 rings (SSSR count). The summed E-state index contributed by atoms with van der Waals surface area (Å²) in [6.07, 6.45) is 10.8. The maximum atomic E-state index is 5.70. The van der Waals surface area contributed by atoms with Crippen molar-refractivity contribution in [2.45, 2.75) is 64.3 Å². The smallest absolute Gasteiger partial charge is 0.0471 e. The van der Waals surface area contributed by atoms with Gasteiger partial charge in [-0.1, -0.05) is 19.8 Å². The van der Waals surface area contributed by atoms with Gasteiger partial charge in [0, 0.05) is 25.8 Å². The van der Waals surface area contributed by atoms with Gasteiger partial charge < -0.3 is 10.1 Å². The maximum absolute atomic E-state index is 5.70. The number of ether oxygens (including phenoxy) is 1. The molecule has 0 aromatic rings. The molecular formula is C14H27NO. The summed E-state index contributed by atoms with van der Waals surface area (Å²) < 4.78 is 5.70. The number of rotatable bonds is 9. The molecule has 2 aliphatic carbocycles. The molecule has 0 unspecified atom stereocenters. The van der Waals surface area contributed by atoms with Gasteiger partial charge in [0.15, 0.2) is 0 Å². The molecule has 2 heteroatoms. The fourth-order valence-electron chi connectivity index (χ4n) is 2.48.